The Morgan fingerprint density at radius 3 is 2.41 bits per heavy atom. The van der Waals surface area contributed by atoms with Gasteiger partial charge < -0.3 is 14.4 Å². The van der Waals surface area contributed by atoms with Crippen LogP contribution >= 0.6 is 11.6 Å². The molecule has 0 saturated carbocycles. The number of methoxy groups -OCH3 is 2. The molecule has 0 saturated heterocycles. The van der Waals surface area contributed by atoms with Gasteiger partial charge >= 0.3 is 5.91 Å². The number of ketones is 1. The second-order valence-corrected chi connectivity index (χ2v) is 7.09. The van der Waals surface area contributed by atoms with Gasteiger partial charge in [-0.25, -0.2) is 0 Å². The zero-order valence-electron chi connectivity index (χ0n) is 15.8. The molecule has 7 heteroatoms. The number of nitrogens with zero attached hydrogens (tertiary/aromatic N) is 1. The van der Waals surface area contributed by atoms with Crippen LogP contribution in [0.15, 0.2) is 30.3 Å². The molecular weight excluding hydrogens is 368 g/mol. The number of hydrogen-bond donors (Lipinski definition) is 1. The average Bonchev–Trinajstić information content (AvgIpc) is 2.87. The molecule has 0 aromatic heterocycles. The van der Waals surface area contributed by atoms with Crippen molar-refractivity contribution in [1.29, 1.82) is 0 Å². The van der Waals surface area contributed by atoms with Gasteiger partial charge in [0.05, 0.1) is 32.5 Å². The molecule has 1 heterocycles. The maximum absolute atomic E-state index is 12.4. The minimum atomic E-state index is -0.518. The summed E-state index contributed by atoms with van der Waals surface area (Å²) >= 11 is 5.96. The second kappa shape index (κ2) is 7.58. The molecule has 142 valence electrons. The number of aryl methyl sites for hydroxylation is 1. The number of nitrogens with one attached hydrogen (secondary N) is 1. The highest BCUT2D eigenvalue weighted by molar-refractivity contribution is 6.52. The summed E-state index contributed by atoms with van der Waals surface area (Å²) in [6.07, 6.45) is 0. The molecule has 27 heavy (non-hydrogen) atoms. The summed E-state index contributed by atoms with van der Waals surface area (Å²) in [5.41, 5.74) is 3.13. The molecular formula is C20H22ClN2O4+. The maximum Gasteiger partial charge on any atom is 0.303 e. The molecule has 1 amide bonds. The minimum absolute atomic E-state index is 0.364. The van der Waals surface area contributed by atoms with E-state index in [1.54, 1.807) is 32.4 Å². The third-order valence-electron chi connectivity index (χ3n) is 4.70. The smallest absolute Gasteiger partial charge is 0.303 e. The summed E-state index contributed by atoms with van der Waals surface area (Å²) in [5, 5.41) is 0.443. The van der Waals surface area contributed by atoms with Crippen molar-refractivity contribution < 1.29 is 24.0 Å². The highest BCUT2D eigenvalue weighted by atomic mass is 35.5. The topological polar surface area (TPSA) is 60.3 Å². The zero-order valence-corrected chi connectivity index (χ0v) is 16.5. The van der Waals surface area contributed by atoms with Crippen LogP contribution in [0.4, 0.5) is 5.69 Å². The Kier molecular flexibility index (Phi) is 5.39. The molecule has 0 radical (unpaired) electrons. The summed E-state index contributed by atoms with van der Waals surface area (Å²) in [6.45, 7) is 3.03. The normalized spacial score (nSPS) is 14.3. The van der Waals surface area contributed by atoms with Crippen LogP contribution < -0.4 is 19.3 Å². The standard InChI is InChI=1S/C20H21ClN2O4/c1-12-7-17(26-3)18(27-4)8-13(12)10-22(2)11-23-16-6-5-14(21)9-15(16)19(24)20(23)25/h5-9H,10-11H2,1-4H3/p+1. The van der Waals surface area contributed by atoms with E-state index in [9.17, 15) is 9.59 Å². The van der Waals surface area contributed by atoms with E-state index >= 15 is 0 Å². The number of ether oxygens (including phenoxy) is 2. The van der Waals surface area contributed by atoms with Gasteiger partial charge in [0.15, 0.2) is 18.2 Å². The van der Waals surface area contributed by atoms with Gasteiger partial charge in [0.1, 0.15) is 6.54 Å². The largest absolute Gasteiger partial charge is 0.493 e. The summed E-state index contributed by atoms with van der Waals surface area (Å²) < 4.78 is 10.7. The highest BCUT2D eigenvalue weighted by Gasteiger charge is 2.37. The summed E-state index contributed by atoms with van der Waals surface area (Å²) in [4.78, 5) is 27.2. The van der Waals surface area contributed by atoms with E-state index in [1.807, 2.05) is 26.1 Å². The van der Waals surface area contributed by atoms with E-state index in [0.29, 0.717) is 41.0 Å². The summed E-state index contributed by atoms with van der Waals surface area (Å²) in [5.74, 6) is 0.319. The predicted molar refractivity (Wildman–Crippen MR) is 103 cm³/mol. The molecule has 1 aliphatic heterocycles. The van der Waals surface area contributed by atoms with Crippen LogP contribution in [0.3, 0.4) is 0 Å². The molecule has 0 spiro atoms. The van der Waals surface area contributed by atoms with Crippen molar-refractivity contribution in [2.75, 3.05) is 32.8 Å². The first-order valence-electron chi connectivity index (χ1n) is 8.54. The molecule has 0 fully saturated rings. The first kappa shape index (κ1) is 19.2. The minimum Gasteiger partial charge on any atom is -0.493 e. The fourth-order valence-electron chi connectivity index (χ4n) is 3.29. The van der Waals surface area contributed by atoms with Crippen LogP contribution in [0.2, 0.25) is 5.02 Å². The van der Waals surface area contributed by atoms with Gasteiger partial charge in [0, 0.05) is 10.6 Å². The Morgan fingerprint density at radius 2 is 1.74 bits per heavy atom. The third kappa shape index (κ3) is 3.63. The lowest BCUT2D eigenvalue weighted by Gasteiger charge is -2.23. The van der Waals surface area contributed by atoms with Crippen LogP contribution in [0, 0.1) is 6.92 Å². The number of fused-ring (bicyclic) bond motifs is 1. The summed E-state index contributed by atoms with van der Waals surface area (Å²) in [7, 11) is 5.18. The monoisotopic (exact) mass is 389 g/mol. The average molecular weight is 390 g/mol. The van der Waals surface area contributed by atoms with E-state index in [2.05, 4.69) is 0 Å². The zero-order chi connectivity index (χ0) is 19.7. The molecule has 0 aliphatic carbocycles. The van der Waals surface area contributed by atoms with Crippen LogP contribution in [-0.2, 0) is 11.3 Å². The van der Waals surface area contributed by atoms with E-state index < -0.39 is 11.7 Å². The lowest BCUT2D eigenvalue weighted by molar-refractivity contribution is -0.892. The van der Waals surface area contributed by atoms with Crippen LogP contribution in [-0.4, -0.2) is 39.6 Å². The first-order valence-corrected chi connectivity index (χ1v) is 8.92. The molecule has 0 bridgehead atoms. The maximum atomic E-state index is 12.4. The molecule has 6 nitrogen and oxygen atoms in total. The molecule has 1 aliphatic rings. The van der Waals surface area contributed by atoms with Gasteiger partial charge in [-0.2, -0.15) is 0 Å². The van der Waals surface area contributed by atoms with Crippen LogP contribution in [0.1, 0.15) is 21.5 Å². The summed E-state index contributed by atoms with van der Waals surface area (Å²) in [6, 6.07) is 8.83. The Labute approximate surface area is 163 Å². The van der Waals surface area contributed by atoms with E-state index in [0.717, 1.165) is 16.0 Å². The Bertz CT molecular complexity index is 913. The van der Waals surface area contributed by atoms with Gasteiger partial charge in [-0.05, 0) is 42.8 Å². The number of hydrogen-bond acceptors (Lipinski definition) is 4. The number of benzene rings is 2. The number of quaternary nitrogens is 1. The highest BCUT2D eigenvalue weighted by Crippen LogP contribution is 2.31. The van der Waals surface area contributed by atoms with E-state index in [4.69, 9.17) is 21.1 Å². The lowest BCUT2D eigenvalue weighted by atomic mass is 10.1. The van der Waals surface area contributed by atoms with E-state index in [1.165, 1.54) is 4.90 Å². The van der Waals surface area contributed by atoms with Crippen molar-refractivity contribution in [1.82, 2.24) is 0 Å². The van der Waals surface area contributed by atoms with Crippen molar-refractivity contribution in [3.05, 3.63) is 52.0 Å². The van der Waals surface area contributed by atoms with Gasteiger partial charge in [-0.3, -0.25) is 14.5 Å². The number of rotatable bonds is 6. The van der Waals surface area contributed by atoms with Crippen molar-refractivity contribution in [2.45, 2.75) is 13.5 Å². The molecule has 2 aromatic carbocycles. The van der Waals surface area contributed by atoms with Crippen molar-refractivity contribution in [2.24, 2.45) is 0 Å². The van der Waals surface area contributed by atoms with Crippen molar-refractivity contribution >= 4 is 29.0 Å². The lowest BCUT2D eigenvalue weighted by Crippen LogP contribution is -3.09. The Morgan fingerprint density at radius 1 is 1.07 bits per heavy atom. The molecule has 3 rings (SSSR count). The molecule has 1 N–H and O–H groups in total. The van der Waals surface area contributed by atoms with Crippen molar-refractivity contribution in [3.8, 4) is 11.5 Å². The SMILES string of the molecule is COc1cc(C)c(C[NH+](C)CN2C(=O)C(=O)c3cc(Cl)ccc32)cc1OC. The van der Waals surface area contributed by atoms with Crippen molar-refractivity contribution in [3.63, 3.8) is 0 Å². The number of Topliss-reactive ketones (excluding diaryl/α,β-unsaturated/α-hetero) is 1. The molecule has 2 aromatic rings. The predicted octanol–water partition coefficient (Wildman–Crippen LogP) is 1.87. The van der Waals surface area contributed by atoms with E-state index in [-0.39, 0.29) is 0 Å². The Balaban J connectivity index is 1.80. The Hall–Kier alpha value is -2.57. The van der Waals surface area contributed by atoms with Gasteiger partial charge in [-0.15, -0.1) is 0 Å². The number of carbonyl (C=O) groups is 2. The number of anilines is 1. The first-order chi connectivity index (χ1) is 12.8. The molecule has 1 atom stereocenters. The number of amides is 1. The fraction of sp³-hybridized carbons (Fsp3) is 0.300. The number of halogens is 1. The van der Waals surface area contributed by atoms with Crippen LogP contribution in [0.5, 0.6) is 11.5 Å². The van der Waals surface area contributed by atoms with Gasteiger partial charge in [0.2, 0.25) is 0 Å². The fourth-order valence-corrected chi connectivity index (χ4v) is 3.47. The molecule has 1 unspecified atom stereocenters. The van der Waals surface area contributed by atoms with Gasteiger partial charge in [0.25, 0.3) is 5.78 Å². The third-order valence-corrected chi connectivity index (χ3v) is 4.93. The van der Waals surface area contributed by atoms with Crippen LogP contribution in [0.25, 0.3) is 0 Å². The van der Waals surface area contributed by atoms with Gasteiger partial charge in [-0.1, -0.05) is 11.6 Å². The number of carbonyl (C=O) groups excluding carboxylic acids is 2. The second-order valence-electron chi connectivity index (χ2n) is 6.65. The quantitative estimate of drug-likeness (QED) is 0.766.